The first-order chi connectivity index (χ1) is 4.20. The smallest absolute Gasteiger partial charge is 0.142 e. The lowest BCUT2D eigenvalue weighted by atomic mass is 9.95. The Morgan fingerprint density at radius 2 is 2.11 bits per heavy atom. The molecule has 0 radical (unpaired) electrons. The highest BCUT2D eigenvalue weighted by molar-refractivity contribution is 9.10. The second-order valence-electron chi connectivity index (χ2n) is 2.00. The van der Waals surface area contributed by atoms with E-state index in [9.17, 15) is 0 Å². The summed E-state index contributed by atoms with van der Waals surface area (Å²) in [7, 11) is 1.99. The van der Waals surface area contributed by atoms with E-state index in [1.807, 2.05) is 26.0 Å². The van der Waals surface area contributed by atoms with Crippen molar-refractivity contribution in [1.82, 2.24) is 0 Å². The average molecular weight is 184 g/mol. The molecular weight excluding hydrogens is 177 g/mol. The van der Waals surface area contributed by atoms with Crippen LogP contribution in [0.25, 0.3) is 0 Å². The van der Waals surface area contributed by atoms with Gasteiger partial charge in [0.15, 0.2) is 0 Å². The summed E-state index contributed by atoms with van der Waals surface area (Å²) in [5.74, 6) is 0. The molecule has 46 valence electrons. The summed E-state index contributed by atoms with van der Waals surface area (Å²) in [6.45, 7) is 0. The van der Waals surface area contributed by atoms with Gasteiger partial charge in [0.2, 0.25) is 0 Å². The predicted molar refractivity (Wildman–Crippen MR) is 46.7 cm³/mol. The highest BCUT2D eigenvalue weighted by Crippen LogP contribution is 2.08. The number of nitrogens with two attached hydrogens (primary N) is 1. The fraction of sp³-hybridized carbons (Fsp3) is 0. The molecule has 0 unspecified atom stereocenters. The van der Waals surface area contributed by atoms with Crippen molar-refractivity contribution in [3.05, 3.63) is 22.7 Å². The summed E-state index contributed by atoms with van der Waals surface area (Å²) in [4.78, 5) is 0. The maximum atomic E-state index is 5.57. The number of hydrogen-bond acceptors (Lipinski definition) is 1. The van der Waals surface area contributed by atoms with E-state index in [0.717, 1.165) is 15.6 Å². The molecule has 0 amide bonds. The minimum absolute atomic E-state index is 0.846. The molecule has 0 bridgehead atoms. The molecule has 0 aliphatic rings. The van der Waals surface area contributed by atoms with Crippen LogP contribution >= 0.6 is 15.9 Å². The van der Waals surface area contributed by atoms with Gasteiger partial charge in [0.1, 0.15) is 7.85 Å². The van der Waals surface area contributed by atoms with Crippen LogP contribution in [0.4, 0.5) is 5.69 Å². The highest BCUT2D eigenvalue weighted by Gasteiger charge is 1.90. The van der Waals surface area contributed by atoms with Gasteiger partial charge in [0, 0.05) is 10.2 Å². The van der Waals surface area contributed by atoms with E-state index in [1.54, 1.807) is 0 Å². The van der Waals surface area contributed by atoms with E-state index in [-0.39, 0.29) is 0 Å². The van der Waals surface area contributed by atoms with E-state index < -0.39 is 0 Å². The quantitative estimate of drug-likeness (QED) is 0.455. The number of anilines is 1. The van der Waals surface area contributed by atoms with Crippen LogP contribution in [0.1, 0.15) is 0 Å². The van der Waals surface area contributed by atoms with Crippen LogP contribution in [-0.2, 0) is 0 Å². The molecule has 1 aromatic carbocycles. The van der Waals surface area contributed by atoms with Gasteiger partial charge < -0.3 is 5.73 Å². The highest BCUT2D eigenvalue weighted by atomic mass is 79.9. The normalized spacial score (nSPS) is 9.44. The molecule has 0 aliphatic carbocycles. The molecule has 1 nitrogen and oxygen atoms in total. The summed E-state index contributed by atoms with van der Waals surface area (Å²) in [5, 5.41) is 0. The van der Waals surface area contributed by atoms with Crippen molar-refractivity contribution in [3.63, 3.8) is 0 Å². The molecule has 0 aromatic heterocycles. The molecule has 0 heterocycles. The Kier molecular flexibility index (Phi) is 1.81. The number of benzene rings is 1. The van der Waals surface area contributed by atoms with Crippen molar-refractivity contribution in [3.8, 4) is 0 Å². The SMILES string of the molecule is Bc1cc(Br)ccc1N. The Labute approximate surface area is 63.8 Å². The van der Waals surface area contributed by atoms with E-state index in [1.165, 1.54) is 0 Å². The predicted octanol–water partition coefficient (Wildman–Crippen LogP) is 0.290. The Balaban J connectivity index is 3.17. The van der Waals surface area contributed by atoms with Crippen molar-refractivity contribution in [1.29, 1.82) is 0 Å². The lowest BCUT2D eigenvalue weighted by Crippen LogP contribution is -2.08. The number of hydrogen-bond donors (Lipinski definition) is 1. The molecule has 0 aliphatic heterocycles. The van der Waals surface area contributed by atoms with Gasteiger partial charge >= 0.3 is 0 Å². The summed E-state index contributed by atoms with van der Waals surface area (Å²) in [6.07, 6.45) is 0. The Hall–Kier alpha value is -0.435. The van der Waals surface area contributed by atoms with Crippen LogP contribution in [-0.4, -0.2) is 7.85 Å². The molecule has 9 heavy (non-hydrogen) atoms. The maximum Gasteiger partial charge on any atom is 0.142 e. The first-order valence-electron chi connectivity index (χ1n) is 2.72. The largest absolute Gasteiger partial charge is 0.399 e. The standard InChI is InChI=1S/C6H7BBrN/c7-5-3-4(8)1-2-6(5)9/h1-3H,7,9H2. The zero-order valence-electron chi connectivity index (χ0n) is 5.19. The molecule has 3 heteroatoms. The minimum Gasteiger partial charge on any atom is -0.399 e. The van der Waals surface area contributed by atoms with Gasteiger partial charge in [-0.15, -0.1) is 0 Å². The fourth-order valence-corrected chi connectivity index (χ4v) is 1.11. The zero-order chi connectivity index (χ0) is 6.85. The van der Waals surface area contributed by atoms with Gasteiger partial charge in [-0.2, -0.15) is 0 Å². The minimum atomic E-state index is 0.846. The summed E-state index contributed by atoms with van der Waals surface area (Å²) < 4.78 is 1.08. The zero-order valence-corrected chi connectivity index (χ0v) is 6.77. The molecule has 0 spiro atoms. The molecule has 1 aromatic rings. The lowest BCUT2D eigenvalue weighted by molar-refractivity contribution is 1.68. The molecule has 0 atom stereocenters. The van der Waals surface area contributed by atoms with Gasteiger partial charge in [-0.3, -0.25) is 0 Å². The van der Waals surface area contributed by atoms with Crippen LogP contribution in [0.5, 0.6) is 0 Å². The van der Waals surface area contributed by atoms with E-state index in [4.69, 9.17) is 5.73 Å². The fourth-order valence-electron chi connectivity index (χ4n) is 0.639. The van der Waals surface area contributed by atoms with Crippen LogP contribution < -0.4 is 11.2 Å². The Bertz CT molecular complexity index is 224. The third-order valence-corrected chi connectivity index (χ3v) is 1.73. The second-order valence-corrected chi connectivity index (χ2v) is 2.92. The Morgan fingerprint density at radius 3 is 2.56 bits per heavy atom. The summed E-state index contributed by atoms with van der Waals surface area (Å²) in [6, 6.07) is 5.82. The number of halogens is 1. The molecule has 2 N–H and O–H groups in total. The second kappa shape index (κ2) is 2.44. The monoisotopic (exact) mass is 183 g/mol. The van der Waals surface area contributed by atoms with Crippen molar-refractivity contribution < 1.29 is 0 Å². The third-order valence-electron chi connectivity index (χ3n) is 1.23. The van der Waals surface area contributed by atoms with Gasteiger partial charge in [-0.1, -0.05) is 27.5 Å². The molecule has 0 fully saturated rings. The maximum absolute atomic E-state index is 5.57. The Morgan fingerprint density at radius 1 is 1.44 bits per heavy atom. The molecule has 0 saturated carbocycles. The van der Waals surface area contributed by atoms with Crippen LogP contribution in [0, 0.1) is 0 Å². The van der Waals surface area contributed by atoms with Crippen molar-refractivity contribution in [2.24, 2.45) is 0 Å². The van der Waals surface area contributed by atoms with E-state index >= 15 is 0 Å². The number of nitrogen functional groups attached to an aromatic ring is 1. The van der Waals surface area contributed by atoms with Crippen molar-refractivity contribution >= 4 is 34.9 Å². The first kappa shape index (κ1) is 6.68. The van der Waals surface area contributed by atoms with Crippen LogP contribution in [0.15, 0.2) is 22.7 Å². The average Bonchev–Trinajstić information content (AvgIpc) is 1.80. The molecular formula is C6H7BBrN. The molecule has 1 rings (SSSR count). The van der Waals surface area contributed by atoms with Gasteiger partial charge in [-0.25, -0.2) is 0 Å². The summed E-state index contributed by atoms with van der Waals surface area (Å²) >= 11 is 3.34. The van der Waals surface area contributed by atoms with Gasteiger partial charge in [-0.05, 0) is 12.1 Å². The number of rotatable bonds is 0. The van der Waals surface area contributed by atoms with Gasteiger partial charge in [0.25, 0.3) is 0 Å². The van der Waals surface area contributed by atoms with Crippen molar-refractivity contribution in [2.45, 2.75) is 0 Å². The van der Waals surface area contributed by atoms with Gasteiger partial charge in [0.05, 0.1) is 0 Å². The lowest BCUT2D eigenvalue weighted by Gasteiger charge is -1.97. The molecule has 0 saturated heterocycles. The van der Waals surface area contributed by atoms with Crippen molar-refractivity contribution in [2.75, 3.05) is 5.73 Å². The summed E-state index contributed by atoms with van der Waals surface area (Å²) in [5.41, 5.74) is 7.53. The topological polar surface area (TPSA) is 26.0 Å². The third kappa shape index (κ3) is 1.48. The van der Waals surface area contributed by atoms with E-state index in [2.05, 4.69) is 15.9 Å². The first-order valence-corrected chi connectivity index (χ1v) is 3.51. The van der Waals surface area contributed by atoms with Crippen LogP contribution in [0.3, 0.4) is 0 Å². The van der Waals surface area contributed by atoms with Crippen LogP contribution in [0.2, 0.25) is 0 Å². The van der Waals surface area contributed by atoms with E-state index in [0.29, 0.717) is 0 Å².